The molecule has 0 aromatic heterocycles. The van der Waals surface area contributed by atoms with E-state index in [2.05, 4.69) is 28.3 Å². The van der Waals surface area contributed by atoms with Crippen molar-refractivity contribution in [3.8, 4) is 0 Å². The highest BCUT2D eigenvalue weighted by Crippen LogP contribution is 2.14. The Labute approximate surface area is 59.7 Å². The van der Waals surface area contributed by atoms with Gasteiger partial charge in [0.15, 0.2) is 0 Å². The van der Waals surface area contributed by atoms with E-state index >= 15 is 0 Å². The van der Waals surface area contributed by atoms with Crippen LogP contribution in [0.1, 0.15) is 6.42 Å². The molecule has 2 heteroatoms. The van der Waals surface area contributed by atoms with Gasteiger partial charge < -0.3 is 5.32 Å². The maximum atomic E-state index is 4.16. The molecule has 0 spiro atoms. The molecular weight excluding hydrogens is 124 g/mol. The van der Waals surface area contributed by atoms with E-state index < -0.39 is 0 Å². The maximum Gasteiger partial charge on any atom is 0.103 e. The predicted octanol–water partition coefficient (Wildman–Crippen LogP) is 0.985. The summed E-state index contributed by atoms with van der Waals surface area (Å²) in [5.41, 5.74) is 1.18. The maximum absolute atomic E-state index is 4.16. The van der Waals surface area contributed by atoms with Gasteiger partial charge in [-0.2, -0.15) is 0 Å². The van der Waals surface area contributed by atoms with Crippen LogP contribution in [0.3, 0.4) is 0 Å². The van der Waals surface area contributed by atoms with Gasteiger partial charge in [0.1, 0.15) is 6.04 Å². The van der Waals surface area contributed by atoms with E-state index in [0.29, 0.717) is 6.04 Å². The lowest BCUT2D eigenvalue weighted by molar-refractivity contribution is 0.722. The minimum Gasteiger partial charge on any atom is -0.355 e. The molecule has 1 aliphatic heterocycles. The number of fused-ring (bicyclic) bond motifs is 1. The van der Waals surface area contributed by atoms with Crippen LogP contribution in [0.5, 0.6) is 0 Å². The summed E-state index contributed by atoms with van der Waals surface area (Å²) in [6.45, 7) is 0. The molecule has 2 nitrogen and oxygen atoms in total. The summed E-state index contributed by atoms with van der Waals surface area (Å²) in [6.07, 6.45) is 8.95. The first-order chi connectivity index (χ1) is 4.97. The van der Waals surface area contributed by atoms with Crippen LogP contribution in [0.25, 0.3) is 0 Å². The Bertz CT molecular complexity index is 254. The van der Waals surface area contributed by atoms with Crippen LogP contribution >= 0.6 is 0 Å². The lowest BCUT2D eigenvalue weighted by Crippen LogP contribution is -2.22. The van der Waals surface area contributed by atoms with Crippen LogP contribution in [0, 0.1) is 0 Å². The zero-order chi connectivity index (χ0) is 6.81. The molecule has 1 heterocycles. The highest BCUT2D eigenvalue weighted by Gasteiger charge is 2.13. The Morgan fingerprint density at radius 2 is 2.70 bits per heavy atom. The summed E-state index contributed by atoms with van der Waals surface area (Å²) in [5.74, 6) is 2.80. The quantitative estimate of drug-likeness (QED) is 0.522. The first-order valence-electron chi connectivity index (χ1n) is 3.37. The van der Waals surface area contributed by atoms with Crippen LogP contribution in [0.15, 0.2) is 35.1 Å². The lowest BCUT2D eigenvalue weighted by Gasteiger charge is -2.17. The van der Waals surface area contributed by atoms with Crippen LogP contribution in [-0.2, 0) is 0 Å². The number of rotatable bonds is 0. The number of nitrogens with one attached hydrogen (secondary N) is 1. The van der Waals surface area contributed by atoms with Gasteiger partial charge in [-0.1, -0.05) is 12.2 Å². The van der Waals surface area contributed by atoms with E-state index in [1.807, 2.05) is 6.08 Å². The molecule has 0 saturated heterocycles. The molecule has 1 unspecified atom stereocenters. The van der Waals surface area contributed by atoms with Gasteiger partial charge in [-0.3, -0.25) is 0 Å². The van der Waals surface area contributed by atoms with Gasteiger partial charge >= 0.3 is 0 Å². The molecule has 1 N–H and O–H groups in total. The highest BCUT2D eigenvalue weighted by atomic mass is 15.0. The molecule has 0 saturated carbocycles. The first-order valence-corrected chi connectivity index (χ1v) is 3.37. The number of hydrogen-bond acceptors (Lipinski definition) is 2. The first kappa shape index (κ1) is 5.51. The molecular formula is C8H8N2. The number of nitrogens with zero attached hydrogens (tertiary/aromatic N) is 1. The summed E-state index contributed by atoms with van der Waals surface area (Å²) >= 11 is 0. The molecule has 0 fully saturated rings. The largest absolute Gasteiger partial charge is 0.355 e. The molecule has 10 heavy (non-hydrogen) atoms. The Kier molecular flexibility index (Phi) is 1.19. The molecule has 50 valence electrons. The number of hydrogen-bond donors (Lipinski definition) is 1. The zero-order valence-corrected chi connectivity index (χ0v) is 5.54. The van der Waals surface area contributed by atoms with Gasteiger partial charge in [0, 0.05) is 5.70 Å². The lowest BCUT2D eigenvalue weighted by atomic mass is 10.1. The average Bonchev–Trinajstić information content (AvgIpc) is 2.05. The van der Waals surface area contributed by atoms with Gasteiger partial charge in [-0.05, 0) is 18.4 Å². The van der Waals surface area contributed by atoms with Crippen molar-refractivity contribution < 1.29 is 0 Å². The van der Waals surface area contributed by atoms with Crippen molar-refractivity contribution in [2.45, 2.75) is 12.5 Å². The van der Waals surface area contributed by atoms with Crippen LogP contribution in [-0.4, -0.2) is 11.9 Å². The van der Waals surface area contributed by atoms with Gasteiger partial charge in [0.25, 0.3) is 0 Å². The summed E-state index contributed by atoms with van der Waals surface area (Å²) in [4.78, 5) is 4.16. The van der Waals surface area contributed by atoms with Crippen molar-refractivity contribution in [3.05, 3.63) is 30.1 Å². The highest BCUT2D eigenvalue weighted by molar-refractivity contribution is 5.55. The fraction of sp³-hybridized carbons (Fsp3) is 0.250. The molecule has 0 amide bonds. The molecule has 0 aromatic carbocycles. The fourth-order valence-corrected chi connectivity index (χ4v) is 1.13. The summed E-state index contributed by atoms with van der Waals surface area (Å²) < 4.78 is 0. The van der Waals surface area contributed by atoms with Crippen molar-refractivity contribution in [3.63, 3.8) is 0 Å². The summed E-state index contributed by atoms with van der Waals surface area (Å²) in [7, 11) is 0. The molecule has 1 aliphatic carbocycles. The smallest absolute Gasteiger partial charge is 0.103 e. The van der Waals surface area contributed by atoms with Gasteiger partial charge in [-0.25, -0.2) is 4.99 Å². The second kappa shape index (κ2) is 2.16. The van der Waals surface area contributed by atoms with Crippen LogP contribution < -0.4 is 5.32 Å². The molecule has 1 atom stereocenters. The fourth-order valence-electron chi connectivity index (χ4n) is 1.13. The molecule has 2 rings (SSSR count). The van der Waals surface area contributed by atoms with Crippen molar-refractivity contribution in [1.29, 1.82) is 0 Å². The predicted molar refractivity (Wildman–Crippen MR) is 40.8 cm³/mol. The van der Waals surface area contributed by atoms with E-state index in [-0.39, 0.29) is 0 Å². The van der Waals surface area contributed by atoms with E-state index in [1.54, 1.807) is 6.20 Å². The molecule has 0 aromatic rings. The van der Waals surface area contributed by atoms with Gasteiger partial charge in [0.05, 0.1) is 6.20 Å². The third-order valence-electron chi connectivity index (χ3n) is 1.66. The summed E-state index contributed by atoms with van der Waals surface area (Å²) in [5, 5.41) is 3.10. The third kappa shape index (κ3) is 0.789. The minimum absolute atomic E-state index is 0.301. The Hall–Kier alpha value is -1.27. The van der Waals surface area contributed by atoms with E-state index in [1.165, 1.54) is 5.70 Å². The summed E-state index contributed by atoms with van der Waals surface area (Å²) in [6, 6.07) is 0.301. The number of aliphatic imine (C=N–C) groups is 1. The average molecular weight is 132 g/mol. The zero-order valence-electron chi connectivity index (χ0n) is 5.54. The molecule has 0 bridgehead atoms. The van der Waals surface area contributed by atoms with E-state index in [4.69, 9.17) is 0 Å². The Morgan fingerprint density at radius 3 is 3.60 bits per heavy atom. The Morgan fingerprint density at radius 1 is 1.70 bits per heavy atom. The van der Waals surface area contributed by atoms with Gasteiger partial charge in [-0.15, -0.1) is 0 Å². The second-order valence-electron chi connectivity index (χ2n) is 2.35. The normalized spacial score (nSPS) is 27.2. The monoisotopic (exact) mass is 132 g/mol. The second-order valence-corrected chi connectivity index (χ2v) is 2.35. The minimum atomic E-state index is 0.301. The van der Waals surface area contributed by atoms with Crippen molar-refractivity contribution in [1.82, 2.24) is 5.32 Å². The van der Waals surface area contributed by atoms with E-state index in [9.17, 15) is 0 Å². The Balaban J connectivity index is 2.33. The van der Waals surface area contributed by atoms with Crippen LogP contribution in [0.4, 0.5) is 0 Å². The van der Waals surface area contributed by atoms with Crippen molar-refractivity contribution in [2.24, 2.45) is 4.99 Å². The topological polar surface area (TPSA) is 24.4 Å². The molecule has 0 radical (unpaired) electrons. The molecule has 2 aliphatic rings. The third-order valence-corrected chi connectivity index (χ3v) is 1.66. The van der Waals surface area contributed by atoms with E-state index in [0.717, 1.165) is 6.42 Å². The number of allylic oxidation sites excluding steroid dienone is 2. The van der Waals surface area contributed by atoms with Crippen LogP contribution in [0.2, 0.25) is 0 Å². The van der Waals surface area contributed by atoms with Crippen molar-refractivity contribution >= 4 is 5.87 Å². The van der Waals surface area contributed by atoms with Crippen molar-refractivity contribution in [2.75, 3.05) is 0 Å². The van der Waals surface area contributed by atoms with Gasteiger partial charge in [0.2, 0.25) is 0 Å². The standard InChI is InChI=1S/C8H8N2/c1-2-4-8-7(3-1)9-5-6-10-8/h1-3,5,8-9H,4H2. The SMILES string of the molecule is C1=CNC2=CC=CCC2N=1.